The lowest BCUT2D eigenvalue weighted by molar-refractivity contribution is 0.0963. The maximum Gasteiger partial charge on any atom is 0.336 e. The predicted octanol–water partition coefficient (Wildman–Crippen LogP) is 7.37. The number of Topliss-reactive ketones (excluding diaryl/α,β-unsaturated/α-hetero) is 1. The summed E-state index contributed by atoms with van der Waals surface area (Å²) in [6, 6.07) is 1.44. The van der Waals surface area contributed by atoms with Crippen LogP contribution in [0.2, 0.25) is 0 Å². The van der Waals surface area contributed by atoms with Crippen molar-refractivity contribution in [3.8, 4) is 11.5 Å². The van der Waals surface area contributed by atoms with E-state index in [0.717, 1.165) is 18.4 Å². The van der Waals surface area contributed by atoms with E-state index in [2.05, 4.69) is 32.9 Å². The Hall–Kier alpha value is -2.86. The van der Waals surface area contributed by atoms with E-state index < -0.39 is 5.63 Å². The maximum absolute atomic E-state index is 13.5. The molecule has 1 aromatic heterocycles. The summed E-state index contributed by atoms with van der Waals surface area (Å²) in [5, 5.41) is 0.587. The molecular weight excluding hydrogens is 456 g/mol. The van der Waals surface area contributed by atoms with E-state index in [9.17, 15) is 9.59 Å². The molecule has 36 heavy (non-hydrogen) atoms. The summed E-state index contributed by atoms with van der Waals surface area (Å²) in [5.41, 5.74) is 3.87. The summed E-state index contributed by atoms with van der Waals surface area (Å²) in [4.78, 5) is 26.2. The number of allylic oxidation sites excluding steroid dienone is 4. The second kappa shape index (κ2) is 13.4. The number of methoxy groups -OCH3 is 3. The Labute approximate surface area is 215 Å². The van der Waals surface area contributed by atoms with Crippen molar-refractivity contribution in [1.29, 1.82) is 0 Å². The van der Waals surface area contributed by atoms with E-state index >= 15 is 0 Å². The molecule has 1 aromatic carbocycles. The third kappa shape index (κ3) is 6.88. The van der Waals surface area contributed by atoms with E-state index in [1.54, 1.807) is 14.2 Å². The first kappa shape index (κ1) is 29.4. The van der Waals surface area contributed by atoms with Gasteiger partial charge < -0.3 is 18.6 Å². The van der Waals surface area contributed by atoms with Crippen molar-refractivity contribution in [3.05, 3.63) is 56.5 Å². The molecule has 198 valence electrons. The SMILES string of the molecule is CCC(OC)c1cc(=O)oc2c(C(=O)CC(C)C)c(OC)c(C/C=C(\C)CCC=C(C)C)c(OC)c12. The molecule has 1 atom stereocenters. The molecule has 0 aliphatic heterocycles. The number of carbonyl (C=O) groups is 1. The molecule has 1 unspecified atom stereocenters. The number of ketones is 1. The largest absolute Gasteiger partial charge is 0.496 e. The molecule has 0 aliphatic carbocycles. The van der Waals surface area contributed by atoms with E-state index in [1.165, 1.54) is 24.3 Å². The van der Waals surface area contributed by atoms with E-state index in [1.807, 2.05) is 20.8 Å². The van der Waals surface area contributed by atoms with Gasteiger partial charge in [-0.2, -0.15) is 0 Å². The third-order valence-corrected chi connectivity index (χ3v) is 6.25. The molecule has 1 heterocycles. The zero-order valence-electron chi connectivity index (χ0n) is 23.4. The van der Waals surface area contributed by atoms with Crippen molar-refractivity contribution in [2.75, 3.05) is 21.3 Å². The second-order valence-corrected chi connectivity index (χ2v) is 9.87. The predicted molar refractivity (Wildman–Crippen MR) is 146 cm³/mol. The van der Waals surface area contributed by atoms with E-state index in [-0.39, 0.29) is 29.0 Å². The highest BCUT2D eigenvalue weighted by molar-refractivity contribution is 6.11. The van der Waals surface area contributed by atoms with E-state index in [4.69, 9.17) is 18.6 Å². The Morgan fingerprint density at radius 1 is 1.06 bits per heavy atom. The number of ether oxygens (including phenoxy) is 3. The highest BCUT2D eigenvalue weighted by atomic mass is 16.5. The number of hydrogen-bond acceptors (Lipinski definition) is 6. The molecule has 0 radical (unpaired) electrons. The molecule has 0 spiro atoms. The van der Waals surface area contributed by atoms with Crippen molar-refractivity contribution < 1.29 is 23.4 Å². The lowest BCUT2D eigenvalue weighted by Gasteiger charge is -2.22. The molecule has 2 aromatic rings. The zero-order valence-corrected chi connectivity index (χ0v) is 23.4. The van der Waals surface area contributed by atoms with Crippen LogP contribution in [-0.2, 0) is 11.2 Å². The minimum absolute atomic E-state index is 0.122. The Balaban J connectivity index is 2.91. The van der Waals surface area contributed by atoms with Gasteiger partial charge in [-0.15, -0.1) is 0 Å². The van der Waals surface area contributed by atoms with Crippen LogP contribution in [-0.4, -0.2) is 27.1 Å². The number of carbonyl (C=O) groups excluding carboxylic acids is 1. The average Bonchev–Trinajstić information content (AvgIpc) is 2.81. The zero-order chi connectivity index (χ0) is 27.0. The van der Waals surface area contributed by atoms with Crippen molar-refractivity contribution >= 4 is 16.8 Å². The second-order valence-electron chi connectivity index (χ2n) is 9.87. The molecule has 6 heteroatoms. The molecule has 0 saturated heterocycles. The number of benzene rings is 1. The minimum Gasteiger partial charge on any atom is -0.496 e. The summed E-state index contributed by atoms with van der Waals surface area (Å²) in [6.07, 6.45) is 7.35. The Morgan fingerprint density at radius 3 is 2.25 bits per heavy atom. The Morgan fingerprint density at radius 2 is 1.72 bits per heavy atom. The molecule has 2 rings (SSSR count). The monoisotopic (exact) mass is 498 g/mol. The first-order valence-corrected chi connectivity index (χ1v) is 12.7. The maximum atomic E-state index is 13.5. The van der Waals surface area contributed by atoms with Gasteiger partial charge in [0.2, 0.25) is 0 Å². The smallest absolute Gasteiger partial charge is 0.336 e. The number of fused-ring (bicyclic) bond motifs is 1. The van der Waals surface area contributed by atoms with Gasteiger partial charge >= 0.3 is 5.63 Å². The topological polar surface area (TPSA) is 75.0 Å². The number of hydrogen-bond donors (Lipinski definition) is 0. The van der Waals surface area contributed by atoms with Gasteiger partial charge in [-0.1, -0.05) is 44.1 Å². The Bertz CT molecular complexity index is 1170. The molecule has 0 bridgehead atoms. The van der Waals surface area contributed by atoms with Crippen molar-refractivity contribution in [2.45, 2.75) is 79.8 Å². The first-order chi connectivity index (χ1) is 17.1. The van der Waals surface area contributed by atoms with Crippen LogP contribution < -0.4 is 15.1 Å². The lowest BCUT2D eigenvalue weighted by atomic mass is 9.90. The van der Waals surface area contributed by atoms with Crippen LogP contribution >= 0.6 is 0 Å². The van der Waals surface area contributed by atoms with Crippen molar-refractivity contribution in [2.24, 2.45) is 5.92 Å². The van der Waals surface area contributed by atoms with Crippen LogP contribution in [0.25, 0.3) is 11.0 Å². The van der Waals surface area contributed by atoms with Gasteiger partial charge in [0.25, 0.3) is 0 Å². The normalized spacial score (nSPS) is 12.7. The highest BCUT2D eigenvalue weighted by Crippen LogP contribution is 2.45. The number of rotatable bonds is 13. The summed E-state index contributed by atoms with van der Waals surface area (Å²) < 4.78 is 23.2. The standard InChI is InChI=1S/C30H42O6/c1-10-24(33-7)22-17-25(32)36-30-26(22)28(34-8)21(15-14-20(6)13-11-12-18(2)3)29(35-9)27(30)23(31)16-19(4)5/h12,14,17,19,24H,10-11,13,15-16H2,1-9H3/b20-14+. The van der Waals surface area contributed by atoms with Crippen LogP contribution in [0.15, 0.2) is 38.6 Å². The molecule has 0 fully saturated rings. The summed E-state index contributed by atoms with van der Waals surface area (Å²) in [7, 11) is 4.73. The van der Waals surface area contributed by atoms with Gasteiger partial charge in [-0.3, -0.25) is 4.79 Å². The fraction of sp³-hybridized carbons (Fsp3) is 0.533. The van der Waals surface area contributed by atoms with Crippen LogP contribution in [0.1, 0.15) is 94.8 Å². The molecular formula is C30H42O6. The molecule has 0 aliphatic rings. The molecule has 0 N–H and O–H groups in total. The fourth-order valence-corrected chi connectivity index (χ4v) is 4.53. The summed E-state index contributed by atoms with van der Waals surface area (Å²) in [6.45, 7) is 12.2. The fourth-order valence-electron chi connectivity index (χ4n) is 4.53. The molecule has 6 nitrogen and oxygen atoms in total. The van der Waals surface area contributed by atoms with Crippen molar-refractivity contribution in [3.63, 3.8) is 0 Å². The molecule has 0 amide bonds. The van der Waals surface area contributed by atoms with Crippen molar-refractivity contribution in [1.82, 2.24) is 0 Å². The lowest BCUT2D eigenvalue weighted by Crippen LogP contribution is -2.14. The van der Waals surface area contributed by atoms with Crippen LogP contribution in [0, 0.1) is 5.92 Å². The van der Waals surface area contributed by atoms with Gasteiger partial charge in [0, 0.05) is 30.7 Å². The third-order valence-electron chi connectivity index (χ3n) is 6.25. The van der Waals surface area contributed by atoms with Gasteiger partial charge in [0.05, 0.1) is 25.7 Å². The van der Waals surface area contributed by atoms with Gasteiger partial charge in [-0.25, -0.2) is 4.79 Å². The highest BCUT2D eigenvalue weighted by Gasteiger charge is 2.30. The summed E-state index contributed by atoms with van der Waals surface area (Å²) >= 11 is 0. The minimum atomic E-state index is -0.543. The van der Waals surface area contributed by atoms with Crippen LogP contribution in [0.3, 0.4) is 0 Å². The van der Waals surface area contributed by atoms with Crippen LogP contribution in [0.5, 0.6) is 11.5 Å². The first-order valence-electron chi connectivity index (χ1n) is 12.7. The average molecular weight is 499 g/mol. The van der Waals surface area contributed by atoms with Crippen LogP contribution in [0.4, 0.5) is 0 Å². The summed E-state index contributed by atoms with van der Waals surface area (Å²) in [5.74, 6) is 0.915. The van der Waals surface area contributed by atoms with Gasteiger partial charge in [0.1, 0.15) is 17.1 Å². The van der Waals surface area contributed by atoms with E-state index in [0.29, 0.717) is 41.7 Å². The molecule has 0 saturated carbocycles. The quantitative estimate of drug-likeness (QED) is 0.163. The van der Waals surface area contributed by atoms with Gasteiger partial charge in [0.15, 0.2) is 11.4 Å². The Kier molecular flexibility index (Phi) is 11.0. The van der Waals surface area contributed by atoms with Gasteiger partial charge in [-0.05, 0) is 52.4 Å².